The molecule has 76 heavy (non-hydrogen) atoms. The van der Waals surface area contributed by atoms with Crippen LogP contribution in [0.15, 0.2) is 73.1 Å². The summed E-state index contributed by atoms with van der Waals surface area (Å²) in [7, 11) is 6.55. The summed E-state index contributed by atoms with van der Waals surface area (Å²) in [5, 5.41) is 28.1. The summed E-state index contributed by atoms with van der Waals surface area (Å²) in [5.41, 5.74) is 9.12. The number of nitrogens with one attached hydrogen (secondary N) is 4. The summed E-state index contributed by atoms with van der Waals surface area (Å²) < 4.78 is 78.4. The molecule has 2 saturated heterocycles. The number of likely N-dealkylation sites (tertiary alicyclic amines) is 2. The number of piperidine rings is 2. The molecule has 18 heteroatoms. The van der Waals surface area contributed by atoms with Gasteiger partial charge in [-0.25, -0.2) is 27.2 Å². The maximum Gasteiger partial charge on any atom is 0.335 e. The normalized spacial score (nSPS) is 20.4. The number of anilines is 2. The molecule has 2 aliphatic heterocycles. The van der Waals surface area contributed by atoms with Crippen molar-refractivity contribution >= 4 is 45.1 Å². The second-order valence-corrected chi connectivity index (χ2v) is 21.6. The first kappa shape index (κ1) is 54.4. The van der Waals surface area contributed by atoms with E-state index >= 15 is 0 Å². The van der Waals surface area contributed by atoms with Crippen LogP contribution < -0.4 is 20.1 Å². The number of nitrogens with zero attached hydrogens (tertiary/aromatic N) is 2. The van der Waals surface area contributed by atoms with Gasteiger partial charge < -0.3 is 49.8 Å². The number of methoxy groups -OCH3 is 4. The number of carboxylic acids is 2. The number of fused-ring (bicyclic) bond motifs is 2. The predicted molar refractivity (Wildman–Crippen MR) is 285 cm³/mol. The third-order valence-electron chi connectivity index (χ3n) is 16.5. The number of ether oxygens (including phenoxy) is 4. The number of carboxylic acid groups (broad SMARTS) is 2. The van der Waals surface area contributed by atoms with Crippen LogP contribution in [0.5, 0.6) is 11.5 Å². The van der Waals surface area contributed by atoms with Crippen molar-refractivity contribution in [2.24, 2.45) is 10.8 Å². The molecule has 6 aromatic rings. The summed E-state index contributed by atoms with van der Waals surface area (Å²) in [4.78, 5) is 34.8. The highest BCUT2D eigenvalue weighted by atomic mass is 19.3. The quantitative estimate of drug-likeness (QED) is 0.0356. The van der Waals surface area contributed by atoms with Gasteiger partial charge in [0.05, 0.1) is 38.6 Å². The molecule has 1 unspecified atom stereocenters. The number of benzene rings is 4. The summed E-state index contributed by atoms with van der Waals surface area (Å²) in [6.07, 6.45) is 6.01. The van der Waals surface area contributed by atoms with Crippen LogP contribution >= 0.6 is 0 Å². The van der Waals surface area contributed by atoms with E-state index in [1.807, 2.05) is 62.6 Å². The van der Waals surface area contributed by atoms with Crippen LogP contribution in [0.1, 0.15) is 118 Å². The molecule has 4 fully saturated rings. The lowest BCUT2D eigenvalue weighted by atomic mass is 9.58. The van der Waals surface area contributed by atoms with Crippen molar-refractivity contribution in [2.45, 2.75) is 102 Å². The van der Waals surface area contributed by atoms with E-state index in [0.717, 1.165) is 66.7 Å². The minimum absolute atomic E-state index is 0.0973. The highest BCUT2D eigenvalue weighted by Crippen LogP contribution is 2.62. The number of aryl methyl sites for hydroxylation is 2. The summed E-state index contributed by atoms with van der Waals surface area (Å²) >= 11 is 0. The molecule has 10 rings (SSSR count). The molecule has 2 atom stereocenters. The van der Waals surface area contributed by atoms with Crippen LogP contribution in [0.25, 0.3) is 21.8 Å². The number of halogens is 4. The fraction of sp³-hybridized carbons (Fsp3) is 0.483. The predicted octanol–water partition coefficient (Wildman–Crippen LogP) is 12.0. The second kappa shape index (κ2) is 22.0. The van der Waals surface area contributed by atoms with Gasteiger partial charge >= 0.3 is 11.9 Å². The smallest absolute Gasteiger partial charge is 0.335 e. The Kier molecular flexibility index (Phi) is 15.7. The maximum absolute atomic E-state index is 14.1. The monoisotopic (exact) mass is 1050 g/mol. The van der Waals surface area contributed by atoms with Gasteiger partial charge in [0.2, 0.25) is 11.8 Å². The summed E-state index contributed by atoms with van der Waals surface area (Å²) in [6, 6.07) is 18.0. The Hall–Kier alpha value is -6.34. The largest absolute Gasteiger partial charge is 0.496 e. The van der Waals surface area contributed by atoms with Crippen molar-refractivity contribution in [3.05, 3.63) is 118 Å². The number of carbonyl (C=O) groups is 2. The molecule has 0 radical (unpaired) electrons. The third kappa shape index (κ3) is 11.2. The first-order valence-electron chi connectivity index (χ1n) is 26.0. The molecular formula is C58H70F4N6O8. The van der Waals surface area contributed by atoms with Gasteiger partial charge in [-0.1, -0.05) is 12.1 Å². The third-order valence-corrected chi connectivity index (χ3v) is 16.5. The summed E-state index contributed by atoms with van der Waals surface area (Å²) in [6.45, 7) is 8.44. The molecule has 4 aromatic carbocycles. The van der Waals surface area contributed by atoms with Crippen LogP contribution in [-0.4, -0.2) is 122 Å². The fourth-order valence-electron chi connectivity index (χ4n) is 12.9. The molecule has 0 bridgehead atoms. The highest BCUT2D eigenvalue weighted by Gasteiger charge is 2.60. The van der Waals surface area contributed by atoms with Gasteiger partial charge in [-0.3, -0.25) is 9.80 Å². The molecule has 4 heterocycles. The molecule has 14 nitrogen and oxygen atoms in total. The average molecular weight is 1060 g/mol. The summed E-state index contributed by atoms with van der Waals surface area (Å²) in [5.74, 6) is -5.66. The molecule has 408 valence electrons. The first-order chi connectivity index (χ1) is 36.3. The number of hydrogen-bond acceptors (Lipinski definition) is 10. The zero-order valence-electron chi connectivity index (χ0n) is 44.1. The van der Waals surface area contributed by atoms with Gasteiger partial charge in [0.25, 0.3) is 0 Å². The molecule has 6 N–H and O–H groups in total. The standard InChI is InChI=1S/2C29H35F2N3O4/c2*1-18-12-25(38-3)22(20-6-8-33-26(18)20)15-34-10-7-28(16-29(30,31)17-28)14-24(34)21-5-4-19(27(35)36)13-23(21)32-9-11-37-2/h2*4-6,8,12-13,24,32-33H,7,9-11,14-17H2,1-3H3,(H,35,36)/t24-;/m1./s1. The number of alkyl halides is 4. The molecule has 2 saturated carbocycles. The highest BCUT2D eigenvalue weighted by molar-refractivity contribution is 5.91. The van der Waals surface area contributed by atoms with Crippen molar-refractivity contribution < 1.29 is 56.3 Å². The Morgan fingerprint density at radius 3 is 1.36 bits per heavy atom. The van der Waals surface area contributed by atoms with Crippen LogP contribution in [0, 0.1) is 24.7 Å². The lowest BCUT2D eigenvalue weighted by Crippen LogP contribution is -2.53. The van der Waals surface area contributed by atoms with E-state index in [9.17, 15) is 37.4 Å². The average Bonchev–Trinajstić information content (AvgIpc) is 4.08. The molecular weight excluding hydrogens is 985 g/mol. The van der Waals surface area contributed by atoms with E-state index in [-0.39, 0.29) is 48.9 Å². The van der Waals surface area contributed by atoms with Crippen molar-refractivity contribution in [3.8, 4) is 11.5 Å². The number of aromatic amines is 2. The number of rotatable bonds is 18. The van der Waals surface area contributed by atoms with Gasteiger partial charge in [0.15, 0.2) is 0 Å². The maximum atomic E-state index is 14.1. The Labute approximate surface area is 440 Å². The van der Waals surface area contributed by atoms with Crippen molar-refractivity contribution in [2.75, 3.05) is 78.5 Å². The SMILES string of the molecule is COCCNc1cc(C(=O)O)ccc1C1CC2(CCN1Cc1c(OC)cc(C)c3[nH]ccc13)CC(F)(F)C2.COCCNc1cc(C(=O)O)ccc1[C@H]1CC2(CCN1Cc1c(OC)cc(C)c3[nH]ccc13)CC(F)(F)C2. The van der Waals surface area contributed by atoms with Crippen LogP contribution in [-0.2, 0) is 22.6 Å². The Bertz CT molecular complexity index is 2870. The number of hydrogen-bond donors (Lipinski definition) is 6. The van der Waals surface area contributed by atoms with Crippen LogP contribution in [0.4, 0.5) is 28.9 Å². The van der Waals surface area contributed by atoms with Crippen LogP contribution in [0.2, 0.25) is 0 Å². The van der Waals surface area contributed by atoms with Gasteiger partial charge in [-0.15, -0.1) is 0 Å². The lowest BCUT2D eigenvalue weighted by molar-refractivity contribution is -0.186. The van der Waals surface area contributed by atoms with Gasteiger partial charge in [0, 0.05) is 135 Å². The van der Waals surface area contributed by atoms with Gasteiger partial charge in [0.1, 0.15) is 11.5 Å². The van der Waals surface area contributed by atoms with E-state index in [4.69, 9.17) is 18.9 Å². The van der Waals surface area contributed by atoms with Crippen molar-refractivity contribution in [1.29, 1.82) is 0 Å². The van der Waals surface area contributed by atoms with Gasteiger partial charge in [-0.05, 0) is 134 Å². The second-order valence-electron chi connectivity index (χ2n) is 21.6. The fourth-order valence-corrected chi connectivity index (χ4v) is 12.9. The van der Waals surface area contributed by atoms with Crippen molar-refractivity contribution in [3.63, 3.8) is 0 Å². The molecule has 2 aliphatic carbocycles. The van der Waals surface area contributed by atoms with E-state index in [1.54, 1.807) is 52.7 Å². The first-order valence-corrected chi connectivity index (χ1v) is 26.0. The minimum Gasteiger partial charge on any atom is -0.496 e. The number of H-pyrrole nitrogens is 2. The molecule has 2 aromatic heterocycles. The molecule has 2 spiro atoms. The Morgan fingerprint density at radius 1 is 0.618 bits per heavy atom. The zero-order valence-corrected chi connectivity index (χ0v) is 44.1. The number of aromatic nitrogens is 2. The molecule has 4 aliphatic rings. The lowest BCUT2D eigenvalue weighted by Gasteiger charge is -2.55. The Morgan fingerprint density at radius 2 is 1.01 bits per heavy atom. The van der Waals surface area contributed by atoms with E-state index in [1.165, 1.54) is 0 Å². The topological polar surface area (TPSA) is 174 Å². The van der Waals surface area contributed by atoms with Crippen molar-refractivity contribution in [1.82, 2.24) is 19.8 Å². The van der Waals surface area contributed by atoms with E-state index in [2.05, 4.69) is 30.4 Å². The van der Waals surface area contributed by atoms with Crippen LogP contribution in [0.3, 0.4) is 0 Å². The molecule has 0 amide bonds. The van der Waals surface area contributed by atoms with Gasteiger partial charge in [-0.2, -0.15) is 0 Å². The van der Waals surface area contributed by atoms with E-state index in [0.29, 0.717) is 89.5 Å². The zero-order chi connectivity index (χ0) is 54.2. The van der Waals surface area contributed by atoms with E-state index < -0.39 is 34.6 Å². The minimum atomic E-state index is -2.61. The Balaban J connectivity index is 0.000000186. The number of aromatic carboxylic acids is 2.